The maximum Gasteiger partial charge on any atom is 0.257 e. The van der Waals surface area contributed by atoms with Crippen molar-refractivity contribution >= 4 is 38.4 Å². The van der Waals surface area contributed by atoms with E-state index in [1.54, 1.807) is 19.1 Å². The number of carbonyl (C=O) groups excluding carboxylic acids is 1. The number of anilines is 2. The maximum atomic E-state index is 12.2. The molecular formula is C15H14N4OS. The van der Waals surface area contributed by atoms with Gasteiger partial charge in [-0.1, -0.05) is 17.4 Å². The number of benzene rings is 1. The minimum atomic E-state index is -0.233. The summed E-state index contributed by atoms with van der Waals surface area (Å²) in [4.78, 5) is 20.7. The lowest BCUT2D eigenvalue weighted by atomic mass is 10.2. The zero-order chi connectivity index (χ0) is 15.0. The normalized spacial score (nSPS) is 10.8. The molecule has 0 bridgehead atoms. The first-order valence-corrected chi connectivity index (χ1v) is 7.25. The molecule has 2 aromatic heterocycles. The van der Waals surface area contributed by atoms with Crippen molar-refractivity contribution in [2.45, 2.75) is 13.8 Å². The van der Waals surface area contributed by atoms with Gasteiger partial charge in [0, 0.05) is 11.3 Å². The Balaban J connectivity index is 1.88. The van der Waals surface area contributed by atoms with Crippen molar-refractivity contribution in [1.29, 1.82) is 0 Å². The highest BCUT2D eigenvalue weighted by Crippen LogP contribution is 2.27. The van der Waals surface area contributed by atoms with Gasteiger partial charge in [-0.15, -0.1) is 0 Å². The van der Waals surface area contributed by atoms with Crippen LogP contribution in [0.4, 0.5) is 10.9 Å². The lowest BCUT2D eigenvalue weighted by Crippen LogP contribution is -2.12. The molecule has 0 aliphatic rings. The molecule has 0 radical (unpaired) electrons. The van der Waals surface area contributed by atoms with E-state index in [1.165, 1.54) is 16.9 Å². The fraction of sp³-hybridized carbons (Fsp3) is 0.133. The standard InChI is InChI=1S/C15H14N4OS/c1-8-3-4-11-12(5-8)21-15(18-11)19-14(20)10-6-9(2)17-13(16)7-10/h3-7H,1-2H3,(H2,16,17)(H,18,19,20). The summed E-state index contributed by atoms with van der Waals surface area (Å²) >= 11 is 1.45. The number of pyridine rings is 1. The third-order valence-electron chi connectivity index (χ3n) is 3.00. The second-order valence-electron chi connectivity index (χ2n) is 4.87. The summed E-state index contributed by atoms with van der Waals surface area (Å²) in [5.74, 6) is 0.100. The summed E-state index contributed by atoms with van der Waals surface area (Å²) < 4.78 is 1.05. The fourth-order valence-corrected chi connectivity index (χ4v) is 3.04. The van der Waals surface area contributed by atoms with E-state index in [0.717, 1.165) is 10.2 Å². The van der Waals surface area contributed by atoms with E-state index in [2.05, 4.69) is 21.4 Å². The molecule has 0 unspecified atom stereocenters. The number of nitrogens with zero attached hydrogens (tertiary/aromatic N) is 2. The first kappa shape index (κ1) is 13.5. The van der Waals surface area contributed by atoms with Crippen LogP contribution in [0.1, 0.15) is 21.6 Å². The number of aromatic nitrogens is 2. The van der Waals surface area contributed by atoms with Crippen molar-refractivity contribution in [2.75, 3.05) is 11.1 Å². The first-order chi connectivity index (χ1) is 10.0. The summed E-state index contributed by atoms with van der Waals surface area (Å²) in [7, 11) is 0. The highest BCUT2D eigenvalue weighted by atomic mass is 32.1. The van der Waals surface area contributed by atoms with Crippen LogP contribution in [-0.2, 0) is 0 Å². The molecule has 3 aromatic rings. The molecule has 1 amide bonds. The molecule has 0 aliphatic heterocycles. The number of hydrogen-bond acceptors (Lipinski definition) is 5. The molecule has 3 N–H and O–H groups in total. The molecule has 0 atom stereocenters. The molecule has 0 aliphatic carbocycles. The molecular weight excluding hydrogens is 284 g/mol. The molecule has 0 fully saturated rings. The number of nitrogens with two attached hydrogens (primary N) is 1. The molecule has 0 spiro atoms. The van der Waals surface area contributed by atoms with E-state index >= 15 is 0 Å². The van der Waals surface area contributed by atoms with Crippen LogP contribution in [0.3, 0.4) is 0 Å². The van der Waals surface area contributed by atoms with Gasteiger partial charge in [-0.2, -0.15) is 0 Å². The third-order valence-corrected chi connectivity index (χ3v) is 3.93. The number of rotatable bonds is 2. The Morgan fingerprint density at radius 3 is 2.76 bits per heavy atom. The Labute approximate surface area is 125 Å². The number of nitrogen functional groups attached to an aromatic ring is 1. The van der Waals surface area contributed by atoms with Gasteiger partial charge in [0.15, 0.2) is 5.13 Å². The molecule has 21 heavy (non-hydrogen) atoms. The average molecular weight is 298 g/mol. The Hall–Kier alpha value is -2.47. The monoisotopic (exact) mass is 298 g/mol. The maximum absolute atomic E-state index is 12.2. The highest BCUT2D eigenvalue weighted by Gasteiger charge is 2.11. The van der Waals surface area contributed by atoms with Crippen LogP contribution in [0.15, 0.2) is 30.3 Å². The zero-order valence-corrected chi connectivity index (χ0v) is 12.5. The number of thiazole rings is 1. The molecule has 5 nitrogen and oxygen atoms in total. The molecule has 6 heteroatoms. The summed E-state index contributed by atoms with van der Waals surface area (Å²) in [6, 6.07) is 9.26. The van der Waals surface area contributed by atoms with Crippen molar-refractivity contribution in [3.05, 3.63) is 47.2 Å². The third kappa shape index (κ3) is 2.85. The Morgan fingerprint density at radius 2 is 2.00 bits per heavy atom. The van der Waals surface area contributed by atoms with Gasteiger partial charge < -0.3 is 5.73 Å². The van der Waals surface area contributed by atoms with Gasteiger partial charge in [0.2, 0.25) is 0 Å². The van der Waals surface area contributed by atoms with Gasteiger partial charge in [0.1, 0.15) is 5.82 Å². The number of aryl methyl sites for hydroxylation is 2. The topological polar surface area (TPSA) is 80.9 Å². The van der Waals surface area contributed by atoms with E-state index in [-0.39, 0.29) is 5.91 Å². The predicted octanol–water partition coefficient (Wildman–Crippen LogP) is 3.14. The number of carbonyl (C=O) groups is 1. The van der Waals surface area contributed by atoms with Gasteiger partial charge in [-0.3, -0.25) is 10.1 Å². The SMILES string of the molecule is Cc1ccc2nc(NC(=O)c3cc(C)nc(N)c3)sc2c1. The second kappa shape index (κ2) is 5.14. The van der Waals surface area contributed by atoms with Crippen LogP contribution in [0.2, 0.25) is 0 Å². The molecule has 0 saturated heterocycles. The first-order valence-electron chi connectivity index (χ1n) is 6.44. The van der Waals surface area contributed by atoms with Gasteiger partial charge in [-0.25, -0.2) is 9.97 Å². The van der Waals surface area contributed by atoms with Crippen molar-refractivity contribution < 1.29 is 4.79 Å². The van der Waals surface area contributed by atoms with E-state index in [0.29, 0.717) is 22.2 Å². The minimum Gasteiger partial charge on any atom is -0.384 e. The van der Waals surface area contributed by atoms with Crippen LogP contribution in [0.5, 0.6) is 0 Å². The summed E-state index contributed by atoms with van der Waals surface area (Å²) in [6.45, 7) is 3.83. The van der Waals surface area contributed by atoms with Crippen LogP contribution in [0.25, 0.3) is 10.2 Å². The Morgan fingerprint density at radius 1 is 1.19 bits per heavy atom. The van der Waals surface area contributed by atoms with Crippen LogP contribution in [-0.4, -0.2) is 15.9 Å². The largest absolute Gasteiger partial charge is 0.384 e. The van der Waals surface area contributed by atoms with E-state index in [9.17, 15) is 4.79 Å². The van der Waals surface area contributed by atoms with Crippen molar-refractivity contribution in [2.24, 2.45) is 0 Å². The van der Waals surface area contributed by atoms with E-state index < -0.39 is 0 Å². The van der Waals surface area contributed by atoms with Gasteiger partial charge in [-0.05, 0) is 43.7 Å². The molecule has 3 rings (SSSR count). The Bertz CT molecular complexity index is 821. The molecule has 1 aromatic carbocycles. The highest BCUT2D eigenvalue weighted by molar-refractivity contribution is 7.22. The number of fused-ring (bicyclic) bond motifs is 1. The van der Waals surface area contributed by atoms with Crippen molar-refractivity contribution in [1.82, 2.24) is 9.97 Å². The smallest absolute Gasteiger partial charge is 0.257 e. The summed E-state index contributed by atoms with van der Waals surface area (Å²) in [5, 5.41) is 3.38. The number of amides is 1. The number of hydrogen-bond donors (Lipinski definition) is 2. The van der Waals surface area contributed by atoms with Gasteiger partial charge in [0.25, 0.3) is 5.91 Å². The van der Waals surface area contributed by atoms with E-state index in [4.69, 9.17) is 5.73 Å². The quantitative estimate of drug-likeness (QED) is 0.761. The van der Waals surface area contributed by atoms with E-state index in [1.807, 2.05) is 19.1 Å². The summed E-state index contributed by atoms with van der Waals surface area (Å²) in [6.07, 6.45) is 0. The predicted molar refractivity (Wildman–Crippen MR) is 85.7 cm³/mol. The van der Waals surface area contributed by atoms with Crippen LogP contribution in [0, 0.1) is 13.8 Å². The second-order valence-corrected chi connectivity index (χ2v) is 5.90. The molecule has 106 valence electrons. The fourth-order valence-electron chi connectivity index (χ4n) is 2.08. The average Bonchev–Trinajstić information content (AvgIpc) is 2.78. The van der Waals surface area contributed by atoms with Crippen LogP contribution < -0.4 is 11.1 Å². The lowest BCUT2D eigenvalue weighted by molar-refractivity contribution is 0.102. The lowest BCUT2D eigenvalue weighted by Gasteiger charge is -2.03. The Kier molecular flexibility index (Phi) is 3.31. The van der Waals surface area contributed by atoms with Crippen molar-refractivity contribution in [3.8, 4) is 0 Å². The summed E-state index contributed by atoms with van der Waals surface area (Å²) in [5.41, 5.74) is 8.90. The van der Waals surface area contributed by atoms with Crippen LogP contribution >= 0.6 is 11.3 Å². The zero-order valence-electron chi connectivity index (χ0n) is 11.7. The molecule has 0 saturated carbocycles. The van der Waals surface area contributed by atoms with Crippen molar-refractivity contribution in [3.63, 3.8) is 0 Å². The van der Waals surface area contributed by atoms with Gasteiger partial charge >= 0.3 is 0 Å². The molecule has 2 heterocycles. The number of nitrogens with one attached hydrogen (secondary N) is 1. The van der Waals surface area contributed by atoms with Gasteiger partial charge in [0.05, 0.1) is 10.2 Å². The minimum absolute atomic E-state index is 0.233.